The van der Waals surface area contributed by atoms with Gasteiger partial charge in [-0.05, 0) is 25.0 Å². The molecule has 2 heteroatoms. The maximum absolute atomic E-state index is 9.04. The van der Waals surface area contributed by atoms with E-state index in [9.17, 15) is 0 Å². The number of fused-ring (bicyclic) bond motifs is 1. The lowest BCUT2D eigenvalue weighted by atomic mass is 9.97. The second-order valence-corrected chi connectivity index (χ2v) is 3.15. The topological polar surface area (TPSA) is 25.2 Å². The van der Waals surface area contributed by atoms with Crippen LogP contribution < -0.4 is 0 Å². The zero-order valence-corrected chi connectivity index (χ0v) is 6.53. The fourth-order valence-electron chi connectivity index (χ4n) is 1.84. The van der Waals surface area contributed by atoms with Gasteiger partial charge in [-0.2, -0.15) is 0 Å². The molecule has 1 atom stereocenters. The highest BCUT2D eigenvalue weighted by atomic mass is 16.3. The molecule has 2 rings (SSSR count). The SMILES string of the molecule is OC[C@@H]1CCCn2cccc21. The van der Waals surface area contributed by atoms with Gasteiger partial charge in [-0.1, -0.05) is 0 Å². The molecular formula is C9H13NO. The highest BCUT2D eigenvalue weighted by molar-refractivity contribution is 5.14. The van der Waals surface area contributed by atoms with Crippen LogP contribution in [-0.4, -0.2) is 16.3 Å². The predicted octanol–water partition coefficient (Wildman–Crippen LogP) is 1.36. The Morgan fingerprint density at radius 1 is 1.64 bits per heavy atom. The smallest absolute Gasteiger partial charge is 0.0514 e. The number of hydrogen-bond acceptors (Lipinski definition) is 1. The van der Waals surface area contributed by atoms with Crippen molar-refractivity contribution in [3.05, 3.63) is 24.0 Å². The van der Waals surface area contributed by atoms with Crippen LogP contribution >= 0.6 is 0 Å². The molecule has 60 valence electrons. The molecule has 2 heterocycles. The van der Waals surface area contributed by atoms with E-state index in [0.717, 1.165) is 13.0 Å². The van der Waals surface area contributed by atoms with E-state index >= 15 is 0 Å². The van der Waals surface area contributed by atoms with Gasteiger partial charge in [0, 0.05) is 24.4 Å². The maximum atomic E-state index is 9.04. The molecule has 1 aromatic heterocycles. The van der Waals surface area contributed by atoms with Crippen molar-refractivity contribution in [3.8, 4) is 0 Å². The van der Waals surface area contributed by atoms with Crippen molar-refractivity contribution >= 4 is 0 Å². The first-order valence-electron chi connectivity index (χ1n) is 4.17. The standard InChI is InChI=1S/C9H13NO/c11-7-8-3-1-5-10-6-2-4-9(8)10/h2,4,6,8,11H,1,3,5,7H2/t8-/m0/s1. The van der Waals surface area contributed by atoms with Gasteiger partial charge in [-0.15, -0.1) is 0 Å². The molecule has 0 unspecified atom stereocenters. The van der Waals surface area contributed by atoms with Gasteiger partial charge in [-0.3, -0.25) is 0 Å². The van der Waals surface area contributed by atoms with Gasteiger partial charge >= 0.3 is 0 Å². The Labute approximate surface area is 66.5 Å². The van der Waals surface area contributed by atoms with Gasteiger partial charge in [0.25, 0.3) is 0 Å². The highest BCUT2D eigenvalue weighted by Gasteiger charge is 2.17. The van der Waals surface area contributed by atoms with E-state index in [1.807, 2.05) is 0 Å². The van der Waals surface area contributed by atoms with Gasteiger partial charge in [0.05, 0.1) is 6.61 Å². The monoisotopic (exact) mass is 151 g/mol. The van der Waals surface area contributed by atoms with Gasteiger partial charge in [-0.25, -0.2) is 0 Å². The first kappa shape index (κ1) is 6.92. The average Bonchev–Trinajstić information content (AvgIpc) is 2.50. The first-order valence-corrected chi connectivity index (χ1v) is 4.17. The number of rotatable bonds is 1. The maximum Gasteiger partial charge on any atom is 0.0514 e. The van der Waals surface area contributed by atoms with Crippen molar-refractivity contribution in [2.75, 3.05) is 6.61 Å². The Hall–Kier alpha value is -0.760. The van der Waals surface area contributed by atoms with Crippen LogP contribution in [-0.2, 0) is 6.54 Å². The summed E-state index contributed by atoms with van der Waals surface area (Å²) in [7, 11) is 0. The van der Waals surface area contributed by atoms with Gasteiger partial charge < -0.3 is 9.67 Å². The molecule has 0 radical (unpaired) electrons. The largest absolute Gasteiger partial charge is 0.396 e. The number of hydrogen-bond donors (Lipinski definition) is 1. The van der Waals surface area contributed by atoms with Crippen LogP contribution in [0, 0.1) is 0 Å². The van der Waals surface area contributed by atoms with Crippen molar-refractivity contribution in [1.82, 2.24) is 4.57 Å². The summed E-state index contributed by atoms with van der Waals surface area (Å²) in [5.41, 5.74) is 1.30. The summed E-state index contributed by atoms with van der Waals surface area (Å²) < 4.78 is 2.24. The minimum absolute atomic E-state index is 0.296. The minimum atomic E-state index is 0.296. The molecule has 0 saturated heterocycles. The molecule has 2 nitrogen and oxygen atoms in total. The van der Waals surface area contributed by atoms with E-state index in [1.165, 1.54) is 12.1 Å². The Bertz CT molecular complexity index is 241. The third-order valence-electron chi connectivity index (χ3n) is 2.45. The Morgan fingerprint density at radius 3 is 3.36 bits per heavy atom. The van der Waals surface area contributed by atoms with E-state index in [1.54, 1.807) is 0 Å². The number of nitrogens with zero attached hydrogens (tertiary/aromatic N) is 1. The zero-order chi connectivity index (χ0) is 7.68. The number of aromatic nitrogens is 1. The summed E-state index contributed by atoms with van der Waals surface area (Å²) in [6.07, 6.45) is 4.44. The summed E-state index contributed by atoms with van der Waals surface area (Å²) in [6.45, 7) is 1.42. The van der Waals surface area contributed by atoms with E-state index in [0.29, 0.717) is 12.5 Å². The summed E-state index contributed by atoms with van der Waals surface area (Å²) in [4.78, 5) is 0. The molecular weight excluding hydrogens is 138 g/mol. The Kier molecular flexibility index (Phi) is 1.70. The summed E-state index contributed by atoms with van der Waals surface area (Å²) >= 11 is 0. The number of aliphatic hydroxyl groups is 1. The van der Waals surface area contributed by atoms with E-state index in [2.05, 4.69) is 22.9 Å². The number of aryl methyl sites for hydroxylation is 1. The van der Waals surface area contributed by atoms with Gasteiger partial charge in [0.1, 0.15) is 0 Å². The summed E-state index contributed by atoms with van der Waals surface area (Å²) in [5.74, 6) is 0.388. The molecule has 11 heavy (non-hydrogen) atoms. The van der Waals surface area contributed by atoms with Crippen molar-refractivity contribution in [2.45, 2.75) is 25.3 Å². The lowest BCUT2D eigenvalue weighted by Gasteiger charge is -2.22. The average molecular weight is 151 g/mol. The Morgan fingerprint density at radius 2 is 2.55 bits per heavy atom. The van der Waals surface area contributed by atoms with Crippen LogP contribution in [0.4, 0.5) is 0 Å². The van der Waals surface area contributed by atoms with Crippen LogP contribution in [0.2, 0.25) is 0 Å². The van der Waals surface area contributed by atoms with Crippen molar-refractivity contribution in [1.29, 1.82) is 0 Å². The molecule has 0 aliphatic carbocycles. The van der Waals surface area contributed by atoms with Crippen LogP contribution in [0.5, 0.6) is 0 Å². The molecule has 0 spiro atoms. The van der Waals surface area contributed by atoms with Crippen molar-refractivity contribution < 1.29 is 5.11 Å². The Balaban J connectivity index is 2.32. The fourth-order valence-corrected chi connectivity index (χ4v) is 1.84. The zero-order valence-electron chi connectivity index (χ0n) is 6.53. The molecule has 1 N–H and O–H groups in total. The molecule has 1 aliphatic heterocycles. The molecule has 0 fully saturated rings. The molecule has 0 saturated carbocycles. The molecule has 1 aromatic rings. The quantitative estimate of drug-likeness (QED) is 0.644. The number of aliphatic hydroxyl groups excluding tert-OH is 1. The van der Waals surface area contributed by atoms with Crippen LogP contribution in [0.15, 0.2) is 18.3 Å². The van der Waals surface area contributed by atoms with Crippen LogP contribution in [0.1, 0.15) is 24.5 Å². The van der Waals surface area contributed by atoms with E-state index in [4.69, 9.17) is 5.11 Å². The second-order valence-electron chi connectivity index (χ2n) is 3.15. The normalized spacial score (nSPS) is 23.2. The summed E-state index contributed by atoms with van der Waals surface area (Å²) in [6, 6.07) is 4.17. The molecule has 0 aromatic carbocycles. The van der Waals surface area contributed by atoms with Gasteiger partial charge in [0.15, 0.2) is 0 Å². The van der Waals surface area contributed by atoms with Gasteiger partial charge in [0.2, 0.25) is 0 Å². The molecule has 0 amide bonds. The lowest BCUT2D eigenvalue weighted by molar-refractivity contribution is 0.241. The second kappa shape index (κ2) is 2.70. The summed E-state index contributed by atoms with van der Waals surface area (Å²) in [5, 5.41) is 9.04. The van der Waals surface area contributed by atoms with Crippen molar-refractivity contribution in [2.24, 2.45) is 0 Å². The van der Waals surface area contributed by atoms with Crippen molar-refractivity contribution in [3.63, 3.8) is 0 Å². The van der Waals surface area contributed by atoms with Crippen LogP contribution in [0.3, 0.4) is 0 Å². The first-order chi connectivity index (χ1) is 5.42. The fraction of sp³-hybridized carbons (Fsp3) is 0.556. The van der Waals surface area contributed by atoms with E-state index in [-0.39, 0.29) is 0 Å². The predicted molar refractivity (Wildman–Crippen MR) is 43.5 cm³/mol. The lowest BCUT2D eigenvalue weighted by Crippen LogP contribution is -2.16. The molecule has 0 bridgehead atoms. The molecule has 1 aliphatic rings. The van der Waals surface area contributed by atoms with Crippen LogP contribution in [0.25, 0.3) is 0 Å². The third-order valence-corrected chi connectivity index (χ3v) is 2.45. The third kappa shape index (κ3) is 1.07. The van der Waals surface area contributed by atoms with E-state index < -0.39 is 0 Å². The highest BCUT2D eigenvalue weighted by Crippen LogP contribution is 2.26. The minimum Gasteiger partial charge on any atom is -0.396 e.